The molecule has 5 nitrogen and oxygen atoms in total. The lowest BCUT2D eigenvalue weighted by atomic mass is 10.3. The minimum absolute atomic E-state index is 0.258. The quantitative estimate of drug-likeness (QED) is 0.838. The maximum atomic E-state index is 5.50. The Balaban J connectivity index is 1.96. The van der Waals surface area contributed by atoms with Gasteiger partial charge in [0.15, 0.2) is 0 Å². The fourth-order valence-electron chi connectivity index (χ4n) is 1.87. The van der Waals surface area contributed by atoms with E-state index in [0.717, 1.165) is 44.3 Å². The molecule has 0 aromatic carbocycles. The van der Waals surface area contributed by atoms with Crippen molar-refractivity contribution in [3.05, 3.63) is 18.0 Å². The Bertz CT molecular complexity index is 341. The highest BCUT2D eigenvalue weighted by molar-refractivity contribution is 5.30. The number of aromatic nitrogens is 2. The predicted molar refractivity (Wildman–Crippen MR) is 67.0 cm³/mol. The largest absolute Gasteiger partial charge is 0.375 e. The second kappa shape index (κ2) is 5.93. The fraction of sp³-hybridized carbons (Fsp3) is 0.667. The minimum atomic E-state index is 0.258. The maximum Gasteiger partial charge on any atom is 0.225 e. The van der Waals surface area contributed by atoms with Gasteiger partial charge in [0.1, 0.15) is 0 Å². The number of rotatable bonds is 4. The van der Waals surface area contributed by atoms with Gasteiger partial charge >= 0.3 is 0 Å². The maximum absolute atomic E-state index is 5.50. The fourth-order valence-corrected chi connectivity index (χ4v) is 1.87. The van der Waals surface area contributed by atoms with E-state index in [2.05, 4.69) is 34.0 Å². The molecule has 1 saturated heterocycles. The normalized spacial score (nSPS) is 20.6. The second-order valence-corrected chi connectivity index (χ2v) is 4.30. The lowest BCUT2D eigenvalue weighted by molar-refractivity contribution is 0.0526. The van der Waals surface area contributed by atoms with Gasteiger partial charge in [-0.25, -0.2) is 9.97 Å². The molecule has 1 aliphatic heterocycles. The summed E-state index contributed by atoms with van der Waals surface area (Å²) in [6.45, 7) is 8.45. The van der Waals surface area contributed by atoms with Crippen LogP contribution in [0.25, 0.3) is 0 Å². The molecule has 0 spiro atoms. The van der Waals surface area contributed by atoms with Crippen LogP contribution in [0.3, 0.4) is 0 Å². The van der Waals surface area contributed by atoms with Crippen molar-refractivity contribution in [1.82, 2.24) is 15.3 Å². The topological polar surface area (TPSA) is 50.3 Å². The van der Waals surface area contributed by atoms with E-state index < -0.39 is 0 Å². The standard InChI is InChI=1S/C12H20N4O/c1-3-13-6-11-7-14-12(15-8-11)16-4-5-17-10(2)9-16/h7-8,10,13H,3-6,9H2,1-2H3. The van der Waals surface area contributed by atoms with Gasteiger partial charge in [-0.15, -0.1) is 0 Å². The predicted octanol–water partition coefficient (Wildman–Crippen LogP) is 0.811. The van der Waals surface area contributed by atoms with Crippen molar-refractivity contribution in [3.8, 4) is 0 Å². The average molecular weight is 236 g/mol. The van der Waals surface area contributed by atoms with E-state index in [9.17, 15) is 0 Å². The van der Waals surface area contributed by atoms with E-state index in [1.165, 1.54) is 0 Å². The first-order valence-electron chi connectivity index (χ1n) is 6.17. The molecule has 0 saturated carbocycles. The van der Waals surface area contributed by atoms with E-state index in [0.29, 0.717) is 0 Å². The van der Waals surface area contributed by atoms with Crippen molar-refractivity contribution < 1.29 is 4.74 Å². The summed E-state index contributed by atoms with van der Waals surface area (Å²) in [5.41, 5.74) is 1.12. The van der Waals surface area contributed by atoms with E-state index in [1.54, 1.807) is 0 Å². The lowest BCUT2D eigenvalue weighted by Crippen LogP contribution is -2.42. The molecule has 94 valence electrons. The molecule has 1 N–H and O–H groups in total. The van der Waals surface area contributed by atoms with Crippen molar-refractivity contribution in [3.63, 3.8) is 0 Å². The highest BCUT2D eigenvalue weighted by Crippen LogP contribution is 2.12. The van der Waals surface area contributed by atoms with Crippen LogP contribution in [0.2, 0.25) is 0 Å². The van der Waals surface area contributed by atoms with E-state index in [4.69, 9.17) is 4.74 Å². The van der Waals surface area contributed by atoms with Gasteiger partial charge in [0, 0.05) is 37.6 Å². The summed E-state index contributed by atoms with van der Waals surface area (Å²) < 4.78 is 5.50. The molecule has 1 fully saturated rings. The van der Waals surface area contributed by atoms with Crippen LogP contribution in [0.5, 0.6) is 0 Å². The third kappa shape index (κ3) is 3.38. The first kappa shape index (κ1) is 12.3. The number of ether oxygens (including phenoxy) is 1. The van der Waals surface area contributed by atoms with Gasteiger partial charge in [0.25, 0.3) is 0 Å². The Morgan fingerprint density at radius 2 is 2.24 bits per heavy atom. The van der Waals surface area contributed by atoms with Gasteiger partial charge in [-0.2, -0.15) is 0 Å². The molecule has 1 aromatic heterocycles. The van der Waals surface area contributed by atoms with Crippen LogP contribution in [0.1, 0.15) is 19.4 Å². The molecule has 17 heavy (non-hydrogen) atoms. The Morgan fingerprint density at radius 3 is 2.88 bits per heavy atom. The summed E-state index contributed by atoms with van der Waals surface area (Å²) in [6.07, 6.45) is 4.05. The van der Waals surface area contributed by atoms with E-state index in [-0.39, 0.29) is 6.10 Å². The molecular formula is C12H20N4O. The number of anilines is 1. The van der Waals surface area contributed by atoms with Crippen LogP contribution in [0, 0.1) is 0 Å². The molecule has 1 aromatic rings. The monoisotopic (exact) mass is 236 g/mol. The van der Waals surface area contributed by atoms with Gasteiger partial charge in [-0.1, -0.05) is 6.92 Å². The Hall–Kier alpha value is -1.20. The first-order chi connectivity index (χ1) is 8.29. The third-order valence-electron chi connectivity index (χ3n) is 2.79. The number of nitrogens with zero attached hydrogens (tertiary/aromatic N) is 3. The van der Waals surface area contributed by atoms with Crippen LogP contribution >= 0.6 is 0 Å². The molecule has 2 heterocycles. The lowest BCUT2D eigenvalue weighted by Gasteiger charge is -2.31. The number of nitrogens with one attached hydrogen (secondary N) is 1. The zero-order valence-corrected chi connectivity index (χ0v) is 10.5. The molecule has 1 unspecified atom stereocenters. The summed E-state index contributed by atoms with van der Waals surface area (Å²) in [7, 11) is 0. The minimum Gasteiger partial charge on any atom is -0.375 e. The molecular weight excluding hydrogens is 216 g/mol. The molecule has 0 bridgehead atoms. The van der Waals surface area contributed by atoms with Gasteiger partial charge in [0.05, 0.1) is 12.7 Å². The van der Waals surface area contributed by atoms with Crippen molar-refractivity contribution in [2.75, 3.05) is 31.1 Å². The Kier molecular flexibility index (Phi) is 4.28. The Labute approximate surface area is 102 Å². The van der Waals surface area contributed by atoms with Crippen molar-refractivity contribution in [2.45, 2.75) is 26.5 Å². The van der Waals surface area contributed by atoms with Crippen LogP contribution in [0.15, 0.2) is 12.4 Å². The van der Waals surface area contributed by atoms with Crippen LogP contribution in [-0.2, 0) is 11.3 Å². The van der Waals surface area contributed by atoms with Gasteiger partial charge in [-0.3, -0.25) is 0 Å². The highest BCUT2D eigenvalue weighted by atomic mass is 16.5. The molecule has 0 amide bonds. The zero-order chi connectivity index (χ0) is 12.1. The number of morpholine rings is 1. The van der Waals surface area contributed by atoms with Crippen molar-refractivity contribution in [1.29, 1.82) is 0 Å². The van der Waals surface area contributed by atoms with Gasteiger partial charge < -0.3 is 15.0 Å². The molecule has 2 rings (SSSR count). The van der Waals surface area contributed by atoms with E-state index >= 15 is 0 Å². The molecule has 1 atom stereocenters. The van der Waals surface area contributed by atoms with Crippen LogP contribution in [-0.4, -0.2) is 42.3 Å². The van der Waals surface area contributed by atoms with Crippen LogP contribution in [0.4, 0.5) is 5.95 Å². The van der Waals surface area contributed by atoms with Gasteiger partial charge in [0.2, 0.25) is 5.95 Å². The smallest absolute Gasteiger partial charge is 0.225 e. The summed E-state index contributed by atoms with van der Waals surface area (Å²) in [4.78, 5) is 11.0. The third-order valence-corrected chi connectivity index (χ3v) is 2.79. The summed E-state index contributed by atoms with van der Waals surface area (Å²) >= 11 is 0. The van der Waals surface area contributed by atoms with E-state index in [1.807, 2.05) is 12.4 Å². The van der Waals surface area contributed by atoms with Crippen LogP contribution < -0.4 is 10.2 Å². The second-order valence-electron chi connectivity index (χ2n) is 4.30. The molecule has 5 heteroatoms. The summed E-state index contributed by atoms with van der Waals surface area (Å²) in [6, 6.07) is 0. The number of hydrogen-bond acceptors (Lipinski definition) is 5. The highest BCUT2D eigenvalue weighted by Gasteiger charge is 2.18. The van der Waals surface area contributed by atoms with Crippen molar-refractivity contribution in [2.24, 2.45) is 0 Å². The molecule has 0 aliphatic carbocycles. The summed E-state index contributed by atoms with van der Waals surface area (Å²) in [5.74, 6) is 0.806. The first-order valence-corrected chi connectivity index (χ1v) is 6.17. The Morgan fingerprint density at radius 1 is 1.47 bits per heavy atom. The van der Waals surface area contributed by atoms with Gasteiger partial charge in [-0.05, 0) is 13.5 Å². The SMILES string of the molecule is CCNCc1cnc(N2CCOC(C)C2)nc1. The molecule has 0 radical (unpaired) electrons. The number of hydrogen-bond donors (Lipinski definition) is 1. The summed E-state index contributed by atoms with van der Waals surface area (Å²) in [5, 5.41) is 3.26. The average Bonchev–Trinajstić information content (AvgIpc) is 2.37. The van der Waals surface area contributed by atoms with Crippen molar-refractivity contribution >= 4 is 5.95 Å². The molecule has 1 aliphatic rings. The zero-order valence-electron chi connectivity index (χ0n) is 10.5.